The highest BCUT2D eigenvalue weighted by Crippen LogP contribution is 2.18. The molecule has 1 aliphatic heterocycles. The van der Waals surface area contributed by atoms with E-state index in [1.54, 1.807) is 12.1 Å². The number of aliphatic imine (C=N–C) groups is 1. The number of hydrogen-bond donors (Lipinski definition) is 2. The third kappa shape index (κ3) is 6.99. The molecule has 29 heavy (non-hydrogen) atoms. The van der Waals surface area contributed by atoms with Crippen LogP contribution >= 0.6 is 24.0 Å². The van der Waals surface area contributed by atoms with E-state index in [1.165, 1.54) is 23.3 Å². The number of carbonyl (C=O) groups excluding carboxylic acids is 1. The van der Waals surface area contributed by atoms with Gasteiger partial charge in [0.25, 0.3) is 0 Å². The fourth-order valence-corrected chi connectivity index (χ4v) is 3.31. The number of nitrogens with one attached hydrogen (secondary N) is 2. The Morgan fingerprint density at radius 2 is 1.83 bits per heavy atom. The zero-order valence-electron chi connectivity index (χ0n) is 16.7. The van der Waals surface area contributed by atoms with E-state index >= 15 is 0 Å². The summed E-state index contributed by atoms with van der Waals surface area (Å²) in [7, 11) is 0. The van der Waals surface area contributed by atoms with E-state index in [1.807, 2.05) is 0 Å². The van der Waals surface area contributed by atoms with Gasteiger partial charge in [-0.2, -0.15) is 0 Å². The van der Waals surface area contributed by atoms with Crippen molar-refractivity contribution in [2.75, 3.05) is 26.2 Å². The minimum atomic E-state index is -0.296. The van der Waals surface area contributed by atoms with Crippen molar-refractivity contribution < 1.29 is 9.18 Å². The summed E-state index contributed by atoms with van der Waals surface area (Å²) in [5.41, 5.74) is 3.54. The molecule has 0 bridgehead atoms. The molecule has 7 heteroatoms. The molecule has 0 aliphatic carbocycles. The van der Waals surface area contributed by atoms with Crippen LogP contribution in [0.5, 0.6) is 0 Å². The molecule has 0 fully saturated rings. The Morgan fingerprint density at radius 1 is 1.10 bits per heavy atom. The largest absolute Gasteiger partial charge is 0.357 e. The maximum atomic E-state index is 12.9. The van der Waals surface area contributed by atoms with Crippen molar-refractivity contribution in [2.24, 2.45) is 4.99 Å². The lowest BCUT2D eigenvalue weighted by atomic mass is 10.0. The van der Waals surface area contributed by atoms with E-state index < -0.39 is 0 Å². The van der Waals surface area contributed by atoms with Crippen LogP contribution in [-0.4, -0.2) is 42.9 Å². The van der Waals surface area contributed by atoms with Gasteiger partial charge < -0.3 is 15.5 Å². The van der Waals surface area contributed by atoms with Crippen molar-refractivity contribution in [3.63, 3.8) is 0 Å². The molecular formula is C22H28FIN4O. The number of fused-ring (bicyclic) bond motifs is 1. The second-order valence-electron chi connectivity index (χ2n) is 6.83. The van der Waals surface area contributed by atoms with Crippen molar-refractivity contribution in [2.45, 2.75) is 26.3 Å². The molecule has 0 saturated carbocycles. The number of hydrogen-bond acceptors (Lipinski definition) is 2. The first kappa shape index (κ1) is 23.1. The molecule has 0 unspecified atom stereocenters. The standard InChI is InChI=1S/C22H27FN4O.HI/c1-2-24-22(27-14-11-18-5-3-4-6-19(18)16-27)26-13-12-25-21(28)15-17-7-9-20(23)10-8-17;/h3-10H,2,11-16H2,1H3,(H,24,26)(H,25,28);1H. The van der Waals surface area contributed by atoms with Gasteiger partial charge in [0, 0.05) is 26.2 Å². The number of benzene rings is 2. The van der Waals surface area contributed by atoms with Crippen molar-refractivity contribution in [3.8, 4) is 0 Å². The first-order valence-electron chi connectivity index (χ1n) is 9.77. The van der Waals surface area contributed by atoms with Crippen molar-refractivity contribution in [1.82, 2.24) is 15.5 Å². The number of amides is 1. The molecular weight excluding hydrogens is 482 g/mol. The molecule has 0 radical (unpaired) electrons. The lowest BCUT2D eigenvalue weighted by molar-refractivity contribution is -0.120. The molecule has 3 rings (SSSR count). The average molecular weight is 510 g/mol. The number of halogens is 2. The fraction of sp³-hybridized carbons (Fsp3) is 0.364. The van der Waals surface area contributed by atoms with Gasteiger partial charge in [0.1, 0.15) is 5.82 Å². The van der Waals surface area contributed by atoms with E-state index in [-0.39, 0.29) is 42.1 Å². The highest BCUT2D eigenvalue weighted by atomic mass is 127. The quantitative estimate of drug-likeness (QED) is 0.272. The maximum absolute atomic E-state index is 12.9. The minimum absolute atomic E-state index is 0. The summed E-state index contributed by atoms with van der Waals surface area (Å²) in [6.07, 6.45) is 1.25. The third-order valence-electron chi connectivity index (χ3n) is 4.74. The lowest BCUT2D eigenvalue weighted by Crippen LogP contribution is -2.44. The topological polar surface area (TPSA) is 56.7 Å². The van der Waals surface area contributed by atoms with Gasteiger partial charge in [-0.3, -0.25) is 9.79 Å². The summed E-state index contributed by atoms with van der Waals surface area (Å²) in [5, 5.41) is 6.22. The molecule has 2 aromatic rings. The second kappa shape index (κ2) is 11.7. The Morgan fingerprint density at radius 3 is 2.55 bits per heavy atom. The average Bonchev–Trinajstić information content (AvgIpc) is 2.71. The van der Waals surface area contributed by atoms with E-state index in [9.17, 15) is 9.18 Å². The lowest BCUT2D eigenvalue weighted by Gasteiger charge is -2.31. The Hall–Kier alpha value is -2.16. The van der Waals surface area contributed by atoms with E-state index in [0.29, 0.717) is 13.1 Å². The van der Waals surface area contributed by atoms with Crippen LogP contribution < -0.4 is 10.6 Å². The Labute approximate surface area is 188 Å². The van der Waals surface area contributed by atoms with Crippen LogP contribution in [0.3, 0.4) is 0 Å². The molecule has 2 N–H and O–H groups in total. The number of carbonyl (C=O) groups is 1. The number of nitrogens with zero attached hydrogens (tertiary/aromatic N) is 2. The normalized spacial score (nSPS) is 13.3. The van der Waals surface area contributed by atoms with Gasteiger partial charge >= 0.3 is 0 Å². The Balaban J connectivity index is 0.00000300. The van der Waals surface area contributed by atoms with Crippen LogP contribution in [0.15, 0.2) is 53.5 Å². The van der Waals surface area contributed by atoms with E-state index in [2.05, 4.69) is 51.7 Å². The Bertz CT molecular complexity index is 826. The molecule has 1 aliphatic rings. The van der Waals surface area contributed by atoms with Crippen molar-refractivity contribution in [1.29, 1.82) is 0 Å². The van der Waals surface area contributed by atoms with E-state index in [4.69, 9.17) is 0 Å². The monoisotopic (exact) mass is 510 g/mol. The predicted octanol–water partition coefficient (Wildman–Crippen LogP) is 3.13. The van der Waals surface area contributed by atoms with Crippen LogP contribution in [-0.2, 0) is 24.2 Å². The van der Waals surface area contributed by atoms with Gasteiger partial charge in [0.15, 0.2) is 5.96 Å². The summed E-state index contributed by atoms with van der Waals surface area (Å²) in [4.78, 5) is 19.0. The summed E-state index contributed by atoms with van der Waals surface area (Å²) < 4.78 is 12.9. The third-order valence-corrected chi connectivity index (χ3v) is 4.74. The molecule has 5 nitrogen and oxygen atoms in total. The van der Waals surface area contributed by atoms with Crippen LogP contribution in [0.2, 0.25) is 0 Å². The summed E-state index contributed by atoms with van der Waals surface area (Å²) >= 11 is 0. The molecule has 1 heterocycles. The van der Waals surface area contributed by atoms with Gasteiger partial charge in [0.05, 0.1) is 13.0 Å². The minimum Gasteiger partial charge on any atom is -0.357 e. The van der Waals surface area contributed by atoms with Crippen molar-refractivity contribution >= 4 is 35.8 Å². The predicted molar refractivity (Wildman–Crippen MR) is 125 cm³/mol. The number of guanidine groups is 1. The number of rotatable bonds is 6. The van der Waals surface area contributed by atoms with Crippen LogP contribution in [0.4, 0.5) is 4.39 Å². The zero-order valence-corrected chi connectivity index (χ0v) is 19.0. The van der Waals surface area contributed by atoms with E-state index in [0.717, 1.165) is 37.6 Å². The molecule has 2 aromatic carbocycles. The van der Waals surface area contributed by atoms with Gasteiger partial charge in [-0.25, -0.2) is 4.39 Å². The van der Waals surface area contributed by atoms with Crippen LogP contribution in [0.25, 0.3) is 0 Å². The van der Waals surface area contributed by atoms with Gasteiger partial charge in [-0.05, 0) is 42.2 Å². The molecule has 0 atom stereocenters. The smallest absolute Gasteiger partial charge is 0.224 e. The Kier molecular flexibility index (Phi) is 9.37. The van der Waals surface area contributed by atoms with Crippen LogP contribution in [0.1, 0.15) is 23.6 Å². The van der Waals surface area contributed by atoms with Gasteiger partial charge in [-0.1, -0.05) is 36.4 Å². The van der Waals surface area contributed by atoms with Gasteiger partial charge in [-0.15, -0.1) is 24.0 Å². The highest BCUT2D eigenvalue weighted by molar-refractivity contribution is 14.0. The van der Waals surface area contributed by atoms with Crippen molar-refractivity contribution in [3.05, 3.63) is 71.0 Å². The molecule has 0 aromatic heterocycles. The first-order valence-corrected chi connectivity index (χ1v) is 9.77. The van der Waals surface area contributed by atoms with Crippen LogP contribution in [0, 0.1) is 5.82 Å². The maximum Gasteiger partial charge on any atom is 0.224 e. The highest BCUT2D eigenvalue weighted by Gasteiger charge is 2.18. The molecule has 1 amide bonds. The van der Waals surface area contributed by atoms with Gasteiger partial charge in [0.2, 0.25) is 5.91 Å². The first-order chi connectivity index (χ1) is 13.7. The SMILES string of the molecule is CCNC(=NCCNC(=O)Cc1ccc(F)cc1)N1CCc2ccccc2C1.I. The summed E-state index contributed by atoms with van der Waals surface area (Å²) in [6.45, 7) is 5.61. The molecule has 156 valence electrons. The summed E-state index contributed by atoms with van der Waals surface area (Å²) in [6, 6.07) is 14.5. The second-order valence-corrected chi connectivity index (χ2v) is 6.83. The molecule has 0 spiro atoms. The summed E-state index contributed by atoms with van der Waals surface area (Å²) in [5.74, 6) is 0.498. The molecule has 0 saturated heterocycles. The fourth-order valence-electron chi connectivity index (χ4n) is 3.31. The zero-order chi connectivity index (χ0) is 19.8.